The lowest BCUT2D eigenvalue weighted by atomic mass is 10.2. The maximum absolute atomic E-state index is 10.00. The van der Waals surface area contributed by atoms with Crippen LogP contribution in [0, 0.1) is 6.92 Å². The van der Waals surface area contributed by atoms with E-state index in [1.807, 2.05) is 24.3 Å². The molecule has 1 amide bonds. The fourth-order valence-electron chi connectivity index (χ4n) is 2.03. The van der Waals surface area contributed by atoms with E-state index >= 15 is 0 Å². The zero-order chi connectivity index (χ0) is 19.9. The Hall–Kier alpha value is -2.78. The molecule has 1 fully saturated rings. The number of ether oxygens (including phenoxy) is 1. The van der Waals surface area contributed by atoms with Crippen LogP contribution in [-0.4, -0.2) is 65.7 Å². The molecule has 0 saturated carbocycles. The molecule has 0 bridgehead atoms. The fraction of sp³-hybridized carbons (Fsp3) is 0.444. The average Bonchev–Trinajstić information content (AvgIpc) is 3.34. The van der Waals surface area contributed by atoms with Crippen LogP contribution in [0.4, 0.5) is 10.7 Å². The molecule has 27 heavy (non-hydrogen) atoms. The predicted molar refractivity (Wildman–Crippen MR) is 104 cm³/mol. The minimum absolute atomic E-state index is 0.0648. The van der Waals surface area contributed by atoms with Gasteiger partial charge in [0.15, 0.2) is 5.95 Å². The van der Waals surface area contributed by atoms with Crippen molar-refractivity contribution in [3.63, 3.8) is 0 Å². The maximum atomic E-state index is 10.00. The molecule has 1 unspecified atom stereocenters. The molecule has 1 atom stereocenters. The summed E-state index contributed by atoms with van der Waals surface area (Å²) in [5.74, 6) is 1.56. The molecule has 2 heterocycles. The van der Waals surface area contributed by atoms with Gasteiger partial charge in [-0.3, -0.25) is 0 Å². The highest BCUT2D eigenvalue weighted by Crippen LogP contribution is 2.09. The molecular formula is C18H29N5O4. The number of aliphatic hydroxyl groups excluding tert-OH is 1. The number of H-pyrrole nitrogens is 1. The number of anilines is 1. The largest absolute Gasteiger partial charge is 0.497 e. The second-order valence-corrected chi connectivity index (χ2v) is 5.76. The number of benzene rings is 1. The fourth-order valence-corrected chi connectivity index (χ4v) is 2.03. The summed E-state index contributed by atoms with van der Waals surface area (Å²) in [6.07, 6.45) is 3.15. The van der Waals surface area contributed by atoms with Crippen molar-refractivity contribution < 1.29 is 19.7 Å². The van der Waals surface area contributed by atoms with Crippen LogP contribution >= 0.6 is 0 Å². The van der Waals surface area contributed by atoms with Crippen molar-refractivity contribution in [1.29, 1.82) is 0 Å². The summed E-state index contributed by atoms with van der Waals surface area (Å²) in [6.45, 7) is 4.70. The molecular weight excluding hydrogens is 350 g/mol. The minimum atomic E-state index is -1.02. The maximum Gasteiger partial charge on any atom is 0.404 e. The van der Waals surface area contributed by atoms with Crippen LogP contribution in [0.25, 0.3) is 0 Å². The first-order valence-corrected chi connectivity index (χ1v) is 8.70. The molecule has 0 aliphatic carbocycles. The van der Waals surface area contributed by atoms with Gasteiger partial charge in [0.25, 0.3) is 0 Å². The number of nitrogens with one attached hydrogen (secondary N) is 4. The van der Waals surface area contributed by atoms with Crippen LogP contribution in [0.2, 0.25) is 0 Å². The minimum Gasteiger partial charge on any atom is -0.497 e. The van der Waals surface area contributed by atoms with Gasteiger partial charge in [-0.2, -0.15) is 0 Å². The van der Waals surface area contributed by atoms with Crippen LogP contribution in [0.15, 0.2) is 36.7 Å². The first kappa shape index (κ1) is 22.3. The number of aromatic amines is 1. The summed E-state index contributed by atoms with van der Waals surface area (Å²) >= 11 is 0. The number of hydrogen-bond acceptors (Lipinski definition) is 6. The highest BCUT2D eigenvalue weighted by Gasteiger charge is 2.08. The Morgan fingerprint density at radius 1 is 1.33 bits per heavy atom. The van der Waals surface area contributed by atoms with Crippen LogP contribution in [0.1, 0.15) is 12.0 Å². The van der Waals surface area contributed by atoms with Crippen LogP contribution in [0.3, 0.4) is 0 Å². The van der Waals surface area contributed by atoms with E-state index in [1.165, 1.54) is 5.56 Å². The Morgan fingerprint density at radius 3 is 2.52 bits per heavy atom. The summed E-state index contributed by atoms with van der Waals surface area (Å²) in [6, 6.07) is 7.96. The molecule has 0 radical (unpaired) electrons. The van der Waals surface area contributed by atoms with Crippen LogP contribution in [0.5, 0.6) is 5.75 Å². The van der Waals surface area contributed by atoms with E-state index in [0.717, 1.165) is 25.3 Å². The third-order valence-electron chi connectivity index (χ3n) is 3.48. The molecule has 3 rings (SSSR count). The van der Waals surface area contributed by atoms with Gasteiger partial charge >= 0.3 is 6.09 Å². The zero-order valence-electron chi connectivity index (χ0n) is 15.7. The number of amides is 1. The molecule has 9 heteroatoms. The van der Waals surface area contributed by atoms with Crippen LogP contribution in [-0.2, 0) is 0 Å². The molecule has 0 spiro atoms. The lowest BCUT2D eigenvalue weighted by molar-refractivity contribution is 0.194. The summed E-state index contributed by atoms with van der Waals surface area (Å²) in [4.78, 5) is 16.7. The van der Waals surface area contributed by atoms with Crippen LogP contribution < -0.4 is 20.7 Å². The predicted octanol–water partition coefficient (Wildman–Crippen LogP) is 1.43. The van der Waals surface area contributed by atoms with Crippen molar-refractivity contribution in [3.8, 4) is 5.75 Å². The summed E-state index contributed by atoms with van der Waals surface area (Å²) in [5.41, 5.74) is 1.26. The van der Waals surface area contributed by atoms with E-state index < -0.39 is 6.09 Å². The molecule has 6 N–H and O–H groups in total. The van der Waals surface area contributed by atoms with Crippen molar-refractivity contribution in [2.75, 3.05) is 38.6 Å². The number of nitrogens with zero attached hydrogens (tertiary/aromatic N) is 1. The second kappa shape index (κ2) is 13.4. The van der Waals surface area contributed by atoms with Crippen molar-refractivity contribution in [2.45, 2.75) is 19.4 Å². The number of imidazole rings is 1. The van der Waals surface area contributed by atoms with Gasteiger partial charge in [0, 0.05) is 32.0 Å². The monoisotopic (exact) mass is 379 g/mol. The Kier molecular flexibility index (Phi) is 11.1. The van der Waals surface area contributed by atoms with Gasteiger partial charge in [0.1, 0.15) is 5.75 Å². The summed E-state index contributed by atoms with van der Waals surface area (Å²) in [7, 11) is 1.67. The molecule has 1 aromatic heterocycles. The zero-order valence-corrected chi connectivity index (χ0v) is 15.7. The van der Waals surface area contributed by atoms with E-state index in [9.17, 15) is 4.79 Å². The first-order chi connectivity index (χ1) is 13.0. The van der Waals surface area contributed by atoms with Gasteiger partial charge in [-0.1, -0.05) is 17.7 Å². The number of aromatic nitrogens is 2. The normalized spacial score (nSPS) is 14.9. The van der Waals surface area contributed by atoms with E-state index in [1.54, 1.807) is 19.5 Å². The highest BCUT2D eigenvalue weighted by atomic mass is 16.5. The second-order valence-electron chi connectivity index (χ2n) is 5.76. The number of carboxylic acid groups (broad SMARTS) is 1. The van der Waals surface area contributed by atoms with E-state index in [2.05, 4.69) is 32.8 Å². The molecule has 1 aliphatic heterocycles. The molecule has 2 aromatic rings. The molecule has 1 saturated heterocycles. The van der Waals surface area contributed by atoms with E-state index in [-0.39, 0.29) is 6.10 Å². The Balaban J connectivity index is 0.000000214. The topological polar surface area (TPSA) is 132 Å². The smallest absolute Gasteiger partial charge is 0.404 e. The highest BCUT2D eigenvalue weighted by molar-refractivity contribution is 5.64. The Morgan fingerprint density at radius 2 is 2.07 bits per heavy atom. The number of rotatable bonds is 5. The average molecular weight is 379 g/mol. The molecule has 9 nitrogen and oxygen atoms in total. The molecule has 1 aliphatic rings. The number of aliphatic hydroxyl groups is 1. The SMILES string of the molecule is COc1ccc(C)cc1.O=C(O)NCCNc1ncc[nH]1.OC1CCNC1. The Labute approximate surface area is 159 Å². The number of β-amino-alcohol motifs (C(OH)–C–C–N with tert-alkyl or cyclic N) is 1. The Bertz CT molecular complexity index is 613. The van der Waals surface area contributed by atoms with Gasteiger partial charge in [-0.15, -0.1) is 0 Å². The number of aryl methyl sites for hydroxylation is 1. The van der Waals surface area contributed by atoms with Gasteiger partial charge in [-0.05, 0) is 32.0 Å². The molecule has 150 valence electrons. The number of carbonyl (C=O) groups is 1. The lowest BCUT2D eigenvalue weighted by Crippen LogP contribution is -2.27. The van der Waals surface area contributed by atoms with Crippen molar-refractivity contribution in [1.82, 2.24) is 20.6 Å². The third kappa shape index (κ3) is 11.4. The van der Waals surface area contributed by atoms with Gasteiger partial charge in [0.2, 0.25) is 0 Å². The lowest BCUT2D eigenvalue weighted by Gasteiger charge is -2.01. The van der Waals surface area contributed by atoms with Gasteiger partial charge in [0.05, 0.1) is 13.2 Å². The van der Waals surface area contributed by atoms with E-state index in [0.29, 0.717) is 19.0 Å². The van der Waals surface area contributed by atoms with Crippen molar-refractivity contribution in [2.24, 2.45) is 0 Å². The third-order valence-corrected chi connectivity index (χ3v) is 3.48. The van der Waals surface area contributed by atoms with Crippen molar-refractivity contribution in [3.05, 3.63) is 42.2 Å². The summed E-state index contributed by atoms with van der Waals surface area (Å²) in [5, 5.41) is 25.0. The number of hydrogen-bond donors (Lipinski definition) is 6. The first-order valence-electron chi connectivity index (χ1n) is 8.70. The van der Waals surface area contributed by atoms with Gasteiger partial charge < -0.3 is 35.9 Å². The standard InChI is InChI=1S/C8H10O.C6H10N4O2.C4H9NO/c1-7-3-5-8(9-2)6-4-7;11-6(12)10-4-3-9-5-7-1-2-8-5;6-4-1-2-5-3-4/h3-6H,1-2H3;1-2,10H,3-4H2,(H,11,12)(H2,7,8,9);4-6H,1-3H2. The summed E-state index contributed by atoms with van der Waals surface area (Å²) < 4.78 is 4.97. The van der Waals surface area contributed by atoms with Crippen molar-refractivity contribution >= 4 is 12.0 Å². The van der Waals surface area contributed by atoms with Gasteiger partial charge in [-0.25, -0.2) is 9.78 Å². The number of methoxy groups -OCH3 is 1. The molecule has 1 aromatic carbocycles. The quantitative estimate of drug-likeness (QED) is 0.433. The van der Waals surface area contributed by atoms with E-state index in [4.69, 9.17) is 14.9 Å².